The first kappa shape index (κ1) is 15.1. The van der Waals surface area contributed by atoms with Gasteiger partial charge in [-0.05, 0) is 45.4 Å². The third-order valence-corrected chi connectivity index (χ3v) is 3.83. The molecular formula is C17H25NO2. The van der Waals surface area contributed by atoms with Gasteiger partial charge in [0.1, 0.15) is 11.3 Å². The van der Waals surface area contributed by atoms with Crippen molar-refractivity contribution in [3.05, 3.63) is 36.1 Å². The largest absolute Gasteiger partial charge is 0.459 e. The van der Waals surface area contributed by atoms with E-state index >= 15 is 0 Å². The predicted octanol–water partition coefficient (Wildman–Crippen LogP) is 4.29. The van der Waals surface area contributed by atoms with Crippen LogP contribution in [0.5, 0.6) is 0 Å². The molecule has 3 heteroatoms. The highest BCUT2D eigenvalue weighted by atomic mass is 16.5. The molecule has 0 aliphatic carbocycles. The van der Waals surface area contributed by atoms with Crippen molar-refractivity contribution in [3.63, 3.8) is 0 Å². The van der Waals surface area contributed by atoms with E-state index in [1.165, 1.54) is 0 Å². The molecule has 1 atom stereocenters. The first-order valence-electron chi connectivity index (χ1n) is 7.33. The summed E-state index contributed by atoms with van der Waals surface area (Å²) in [6, 6.07) is 10.5. The van der Waals surface area contributed by atoms with Gasteiger partial charge in [-0.2, -0.15) is 0 Å². The third-order valence-electron chi connectivity index (χ3n) is 3.83. The van der Waals surface area contributed by atoms with E-state index in [0.29, 0.717) is 0 Å². The van der Waals surface area contributed by atoms with Crippen LogP contribution >= 0.6 is 0 Å². The maximum absolute atomic E-state index is 5.98. The zero-order valence-corrected chi connectivity index (χ0v) is 12.9. The number of benzene rings is 1. The van der Waals surface area contributed by atoms with Crippen LogP contribution in [-0.4, -0.2) is 19.3 Å². The molecule has 20 heavy (non-hydrogen) atoms. The second kappa shape index (κ2) is 6.42. The summed E-state index contributed by atoms with van der Waals surface area (Å²) >= 11 is 0. The van der Waals surface area contributed by atoms with E-state index in [1.54, 1.807) is 7.11 Å². The Morgan fingerprint density at radius 3 is 2.70 bits per heavy atom. The molecule has 0 fully saturated rings. The van der Waals surface area contributed by atoms with Crippen molar-refractivity contribution in [2.45, 2.75) is 45.3 Å². The number of nitrogens with one attached hydrogen (secondary N) is 1. The predicted molar refractivity (Wildman–Crippen MR) is 83.0 cm³/mol. The van der Waals surface area contributed by atoms with Crippen LogP contribution < -0.4 is 5.32 Å². The van der Waals surface area contributed by atoms with Crippen molar-refractivity contribution in [1.29, 1.82) is 0 Å². The van der Waals surface area contributed by atoms with Gasteiger partial charge in [-0.1, -0.05) is 25.1 Å². The molecule has 1 unspecified atom stereocenters. The Kier molecular flexibility index (Phi) is 4.84. The summed E-state index contributed by atoms with van der Waals surface area (Å²) in [5.41, 5.74) is 0.857. The highest BCUT2D eigenvalue weighted by molar-refractivity contribution is 5.77. The van der Waals surface area contributed by atoms with E-state index in [4.69, 9.17) is 9.15 Å². The number of rotatable bonds is 7. The first-order valence-corrected chi connectivity index (χ1v) is 7.33. The van der Waals surface area contributed by atoms with E-state index in [9.17, 15) is 0 Å². The monoisotopic (exact) mass is 275 g/mol. The molecule has 1 aromatic carbocycles. The van der Waals surface area contributed by atoms with Gasteiger partial charge < -0.3 is 14.5 Å². The normalized spacial score (nSPS) is 13.8. The first-order chi connectivity index (χ1) is 9.55. The zero-order chi connectivity index (χ0) is 14.6. The molecule has 3 nitrogen and oxygen atoms in total. The average Bonchev–Trinajstić information content (AvgIpc) is 2.87. The summed E-state index contributed by atoms with van der Waals surface area (Å²) < 4.78 is 11.5. The van der Waals surface area contributed by atoms with E-state index in [0.717, 1.165) is 36.1 Å². The minimum atomic E-state index is -0.0975. The maximum Gasteiger partial charge on any atom is 0.134 e. The van der Waals surface area contributed by atoms with E-state index in [-0.39, 0.29) is 11.6 Å². The summed E-state index contributed by atoms with van der Waals surface area (Å²) in [6.07, 6.45) is 1.98. The van der Waals surface area contributed by atoms with Crippen LogP contribution in [-0.2, 0) is 4.74 Å². The molecule has 0 saturated carbocycles. The Morgan fingerprint density at radius 2 is 2.05 bits per heavy atom. The third kappa shape index (κ3) is 3.62. The van der Waals surface area contributed by atoms with Crippen molar-refractivity contribution in [3.8, 4) is 0 Å². The molecule has 0 aliphatic heterocycles. The van der Waals surface area contributed by atoms with Crippen LogP contribution in [0.1, 0.15) is 45.4 Å². The molecule has 0 spiro atoms. The number of fused-ring (bicyclic) bond motifs is 1. The topological polar surface area (TPSA) is 34.4 Å². The molecule has 1 N–H and O–H groups in total. The lowest BCUT2D eigenvalue weighted by atomic mass is 9.97. The number of hydrogen-bond acceptors (Lipinski definition) is 3. The number of para-hydroxylation sites is 1. The highest BCUT2D eigenvalue weighted by Crippen LogP contribution is 2.29. The van der Waals surface area contributed by atoms with Gasteiger partial charge >= 0.3 is 0 Å². The molecular weight excluding hydrogens is 250 g/mol. The summed E-state index contributed by atoms with van der Waals surface area (Å²) in [4.78, 5) is 0. The molecule has 0 aliphatic rings. The fourth-order valence-electron chi connectivity index (χ4n) is 2.36. The van der Waals surface area contributed by atoms with Gasteiger partial charge in [-0.15, -0.1) is 0 Å². The number of furan rings is 1. The van der Waals surface area contributed by atoms with E-state index in [2.05, 4.69) is 38.2 Å². The number of methoxy groups -OCH3 is 1. The van der Waals surface area contributed by atoms with Gasteiger partial charge in [0.05, 0.1) is 11.6 Å². The summed E-state index contributed by atoms with van der Waals surface area (Å²) in [5.74, 6) is 1.01. The molecule has 1 aromatic heterocycles. The lowest BCUT2D eigenvalue weighted by Gasteiger charge is -2.25. The van der Waals surface area contributed by atoms with Gasteiger partial charge in [0.25, 0.3) is 0 Å². The molecule has 0 bridgehead atoms. The molecule has 0 amide bonds. The van der Waals surface area contributed by atoms with Crippen LogP contribution in [0.15, 0.2) is 34.7 Å². The van der Waals surface area contributed by atoms with Crippen molar-refractivity contribution < 1.29 is 9.15 Å². The van der Waals surface area contributed by atoms with Gasteiger partial charge in [-0.3, -0.25) is 0 Å². The quantitative estimate of drug-likeness (QED) is 0.818. The molecule has 110 valence electrons. The van der Waals surface area contributed by atoms with Crippen molar-refractivity contribution >= 4 is 11.0 Å². The van der Waals surface area contributed by atoms with Crippen LogP contribution in [0.4, 0.5) is 0 Å². The molecule has 2 rings (SSSR count). The van der Waals surface area contributed by atoms with Gasteiger partial charge in [0.15, 0.2) is 0 Å². The van der Waals surface area contributed by atoms with Crippen LogP contribution in [0.3, 0.4) is 0 Å². The Balaban J connectivity index is 2.15. The minimum absolute atomic E-state index is 0.0975. The van der Waals surface area contributed by atoms with E-state index < -0.39 is 0 Å². The van der Waals surface area contributed by atoms with E-state index in [1.807, 2.05) is 18.2 Å². The number of hydrogen-bond donors (Lipinski definition) is 1. The highest BCUT2D eigenvalue weighted by Gasteiger charge is 2.21. The Morgan fingerprint density at radius 1 is 1.30 bits per heavy atom. The molecule has 2 aromatic rings. The fourth-order valence-corrected chi connectivity index (χ4v) is 2.36. The van der Waals surface area contributed by atoms with Crippen LogP contribution in [0.25, 0.3) is 11.0 Å². The molecule has 1 heterocycles. The lowest BCUT2D eigenvalue weighted by molar-refractivity contribution is 0.0113. The fraction of sp³-hybridized carbons (Fsp3) is 0.529. The van der Waals surface area contributed by atoms with Crippen LogP contribution in [0.2, 0.25) is 0 Å². The van der Waals surface area contributed by atoms with Crippen molar-refractivity contribution in [2.24, 2.45) is 0 Å². The SMILES string of the molecule is CCNC(CCC(C)(C)OC)c1cc2ccccc2o1. The maximum atomic E-state index is 5.98. The lowest BCUT2D eigenvalue weighted by Crippen LogP contribution is -2.27. The van der Waals surface area contributed by atoms with Gasteiger partial charge in [-0.25, -0.2) is 0 Å². The minimum Gasteiger partial charge on any atom is -0.459 e. The Labute approximate surface area is 121 Å². The summed E-state index contributed by atoms with van der Waals surface area (Å²) in [6.45, 7) is 7.29. The van der Waals surface area contributed by atoms with Crippen LogP contribution in [0, 0.1) is 0 Å². The van der Waals surface area contributed by atoms with Gasteiger partial charge in [0.2, 0.25) is 0 Å². The van der Waals surface area contributed by atoms with Crippen molar-refractivity contribution in [2.75, 3.05) is 13.7 Å². The standard InChI is InChI=1S/C17H25NO2/c1-5-18-14(10-11-17(2,3)19-4)16-12-13-8-6-7-9-15(13)20-16/h6-9,12,14,18H,5,10-11H2,1-4H3. The average molecular weight is 275 g/mol. The van der Waals surface area contributed by atoms with Gasteiger partial charge in [0, 0.05) is 12.5 Å². The summed E-state index contributed by atoms with van der Waals surface area (Å²) in [7, 11) is 1.77. The Hall–Kier alpha value is -1.32. The number of ether oxygens (including phenoxy) is 1. The molecule has 0 saturated heterocycles. The summed E-state index contributed by atoms with van der Waals surface area (Å²) in [5, 5.41) is 4.67. The molecule has 0 radical (unpaired) electrons. The zero-order valence-electron chi connectivity index (χ0n) is 12.9. The second-order valence-corrected chi connectivity index (χ2v) is 5.80. The Bertz CT molecular complexity index is 512. The van der Waals surface area contributed by atoms with Crippen molar-refractivity contribution in [1.82, 2.24) is 5.32 Å². The second-order valence-electron chi connectivity index (χ2n) is 5.80. The smallest absolute Gasteiger partial charge is 0.134 e.